The van der Waals surface area contributed by atoms with E-state index in [-0.39, 0.29) is 21.5 Å². The number of anilines is 4. The number of nitrogens with zero attached hydrogens (tertiary/aromatic N) is 3. The molecule has 1 fully saturated rings. The molecule has 0 spiro atoms. The van der Waals surface area contributed by atoms with Crippen molar-refractivity contribution in [2.75, 3.05) is 56.3 Å². The van der Waals surface area contributed by atoms with E-state index in [1.807, 2.05) is 18.2 Å². The molecule has 192 valence electrons. The minimum Gasteiger partial charge on any atom is -0.495 e. The maximum Gasteiger partial charge on any atom is 0.229 e. The molecule has 0 unspecified atom stereocenters. The highest BCUT2D eigenvalue weighted by Gasteiger charge is 2.18. The molecule has 0 aliphatic carbocycles. The Kier molecular flexibility index (Phi) is 8.63. The van der Waals surface area contributed by atoms with Crippen molar-refractivity contribution in [1.82, 2.24) is 14.9 Å². The standard InChI is InChI=1S/C25H30ClN5O4S/c1-3-36(32,33)23-7-5-4-6-20(23)28-24-19(26)17-27-25(30-24)29-21-16-18(8-9-22(21)34-2)10-11-31-12-14-35-15-13-31/h4-9,16-17H,3,10-15H2,1-2H3,(H2,27,28,29,30). The third-order valence-electron chi connectivity index (χ3n) is 5.93. The Morgan fingerprint density at radius 3 is 2.64 bits per heavy atom. The lowest BCUT2D eigenvalue weighted by Gasteiger charge is -2.26. The normalized spacial score (nSPS) is 14.4. The predicted molar refractivity (Wildman–Crippen MR) is 142 cm³/mol. The molecular formula is C25H30ClN5O4S. The van der Waals surface area contributed by atoms with Gasteiger partial charge in [-0.05, 0) is 36.2 Å². The van der Waals surface area contributed by atoms with Crippen molar-refractivity contribution in [3.63, 3.8) is 0 Å². The quantitative estimate of drug-likeness (QED) is 0.396. The Balaban J connectivity index is 1.54. The number of rotatable bonds is 10. The van der Waals surface area contributed by atoms with E-state index in [2.05, 4.69) is 25.5 Å². The van der Waals surface area contributed by atoms with Crippen LogP contribution < -0.4 is 15.4 Å². The number of nitrogens with one attached hydrogen (secondary N) is 2. The monoisotopic (exact) mass is 531 g/mol. The van der Waals surface area contributed by atoms with Crippen LogP contribution in [0.1, 0.15) is 12.5 Å². The highest BCUT2D eigenvalue weighted by molar-refractivity contribution is 7.91. The number of hydrogen-bond acceptors (Lipinski definition) is 9. The van der Waals surface area contributed by atoms with Gasteiger partial charge in [0.25, 0.3) is 0 Å². The van der Waals surface area contributed by atoms with Gasteiger partial charge in [-0.15, -0.1) is 0 Å². The summed E-state index contributed by atoms with van der Waals surface area (Å²) < 4.78 is 36.0. The molecule has 0 radical (unpaired) electrons. The fraction of sp³-hybridized carbons (Fsp3) is 0.360. The lowest BCUT2D eigenvalue weighted by molar-refractivity contribution is 0.0384. The second-order valence-electron chi connectivity index (χ2n) is 8.28. The number of ether oxygens (including phenoxy) is 2. The average molecular weight is 532 g/mol. The average Bonchev–Trinajstić information content (AvgIpc) is 2.90. The van der Waals surface area contributed by atoms with Gasteiger partial charge < -0.3 is 20.1 Å². The Bertz CT molecular complexity index is 1300. The molecule has 36 heavy (non-hydrogen) atoms. The van der Waals surface area contributed by atoms with Gasteiger partial charge in [0.05, 0.1) is 48.5 Å². The first-order chi connectivity index (χ1) is 17.4. The summed E-state index contributed by atoms with van der Waals surface area (Å²) in [7, 11) is -1.83. The molecule has 1 aliphatic heterocycles. The van der Waals surface area contributed by atoms with Crippen molar-refractivity contribution < 1.29 is 17.9 Å². The van der Waals surface area contributed by atoms with Crippen LogP contribution in [0.3, 0.4) is 0 Å². The summed E-state index contributed by atoms with van der Waals surface area (Å²) in [6.07, 6.45) is 2.35. The number of morpholine rings is 1. The number of methoxy groups -OCH3 is 1. The molecule has 1 aromatic heterocycles. The largest absolute Gasteiger partial charge is 0.495 e. The Hall–Kier alpha value is -2.92. The summed E-state index contributed by atoms with van der Waals surface area (Å²) in [5, 5.41) is 6.53. The van der Waals surface area contributed by atoms with Crippen LogP contribution >= 0.6 is 11.6 Å². The molecule has 0 saturated carbocycles. The molecule has 4 rings (SSSR count). The van der Waals surface area contributed by atoms with Crippen LogP contribution in [-0.2, 0) is 21.0 Å². The van der Waals surface area contributed by atoms with Gasteiger partial charge in [-0.3, -0.25) is 4.90 Å². The first kappa shape index (κ1) is 26.2. The van der Waals surface area contributed by atoms with Crippen molar-refractivity contribution in [2.45, 2.75) is 18.2 Å². The summed E-state index contributed by atoms with van der Waals surface area (Å²) in [5.41, 5.74) is 2.27. The maximum absolute atomic E-state index is 12.5. The van der Waals surface area contributed by atoms with Crippen LogP contribution in [0.25, 0.3) is 0 Å². The second kappa shape index (κ2) is 11.9. The molecule has 0 amide bonds. The number of para-hydroxylation sites is 1. The highest BCUT2D eigenvalue weighted by Crippen LogP contribution is 2.31. The molecule has 2 heterocycles. The number of hydrogen-bond donors (Lipinski definition) is 2. The molecule has 0 bridgehead atoms. The number of sulfone groups is 1. The van der Waals surface area contributed by atoms with E-state index in [1.165, 1.54) is 6.20 Å². The number of aromatic nitrogens is 2. The Labute approximate surface area is 216 Å². The van der Waals surface area contributed by atoms with Crippen LogP contribution in [0.15, 0.2) is 53.6 Å². The van der Waals surface area contributed by atoms with Crippen molar-refractivity contribution >= 4 is 44.6 Å². The lowest BCUT2D eigenvalue weighted by atomic mass is 10.1. The third-order valence-corrected chi connectivity index (χ3v) is 7.99. The Morgan fingerprint density at radius 1 is 1.11 bits per heavy atom. The highest BCUT2D eigenvalue weighted by atomic mass is 35.5. The summed E-state index contributed by atoms with van der Waals surface area (Å²) in [6, 6.07) is 12.6. The van der Waals surface area contributed by atoms with Gasteiger partial charge in [0, 0.05) is 19.6 Å². The lowest BCUT2D eigenvalue weighted by Crippen LogP contribution is -2.37. The molecular weight excluding hydrogens is 502 g/mol. The van der Waals surface area contributed by atoms with Crippen LogP contribution in [0.2, 0.25) is 5.02 Å². The molecule has 1 aliphatic rings. The summed E-state index contributed by atoms with van der Waals surface area (Å²) in [5.74, 6) is 1.21. The van der Waals surface area contributed by atoms with Gasteiger partial charge in [-0.25, -0.2) is 13.4 Å². The zero-order chi connectivity index (χ0) is 25.5. The van der Waals surface area contributed by atoms with Gasteiger partial charge in [-0.2, -0.15) is 4.98 Å². The number of halogens is 1. The van der Waals surface area contributed by atoms with Gasteiger partial charge in [0.1, 0.15) is 10.8 Å². The molecule has 2 aromatic carbocycles. The van der Waals surface area contributed by atoms with E-state index in [1.54, 1.807) is 38.3 Å². The SMILES string of the molecule is CCS(=O)(=O)c1ccccc1Nc1nc(Nc2cc(CCN3CCOCC3)ccc2OC)ncc1Cl. The zero-order valence-corrected chi connectivity index (χ0v) is 21.9. The van der Waals surface area contributed by atoms with E-state index in [0.717, 1.165) is 50.5 Å². The van der Waals surface area contributed by atoms with E-state index in [4.69, 9.17) is 21.1 Å². The molecule has 1 saturated heterocycles. The predicted octanol–water partition coefficient (Wildman–Crippen LogP) is 4.29. The summed E-state index contributed by atoms with van der Waals surface area (Å²) >= 11 is 6.35. The Morgan fingerprint density at radius 2 is 1.89 bits per heavy atom. The van der Waals surface area contributed by atoms with Crippen molar-refractivity contribution in [2.24, 2.45) is 0 Å². The molecule has 3 aromatic rings. The second-order valence-corrected chi connectivity index (χ2v) is 10.9. The fourth-order valence-electron chi connectivity index (χ4n) is 3.88. The van der Waals surface area contributed by atoms with Crippen LogP contribution in [-0.4, -0.2) is 69.0 Å². The molecule has 0 atom stereocenters. The van der Waals surface area contributed by atoms with Crippen LogP contribution in [0, 0.1) is 0 Å². The minimum atomic E-state index is -3.44. The van der Waals surface area contributed by atoms with Gasteiger partial charge in [-0.1, -0.05) is 36.7 Å². The van der Waals surface area contributed by atoms with E-state index < -0.39 is 9.84 Å². The first-order valence-electron chi connectivity index (χ1n) is 11.7. The van der Waals surface area contributed by atoms with Gasteiger partial charge in [0.15, 0.2) is 15.7 Å². The van der Waals surface area contributed by atoms with Crippen LogP contribution in [0.5, 0.6) is 5.75 Å². The van der Waals surface area contributed by atoms with E-state index in [0.29, 0.717) is 17.4 Å². The minimum absolute atomic E-state index is 0.0162. The van der Waals surface area contributed by atoms with E-state index in [9.17, 15) is 8.42 Å². The van der Waals surface area contributed by atoms with E-state index >= 15 is 0 Å². The smallest absolute Gasteiger partial charge is 0.229 e. The van der Waals surface area contributed by atoms with Gasteiger partial charge >= 0.3 is 0 Å². The van der Waals surface area contributed by atoms with Crippen molar-refractivity contribution in [3.05, 3.63) is 59.2 Å². The van der Waals surface area contributed by atoms with Crippen LogP contribution in [0.4, 0.5) is 23.1 Å². The van der Waals surface area contributed by atoms with Crippen molar-refractivity contribution in [1.29, 1.82) is 0 Å². The molecule has 2 N–H and O–H groups in total. The zero-order valence-electron chi connectivity index (χ0n) is 20.3. The topological polar surface area (TPSA) is 106 Å². The molecule has 9 nitrogen and oxygen atoms in total. The first-order valence-corrected chi connectivity index (χ1v) is 13.8. The third kappa shape index (κ3) is 6.44. The summed E-state index contributed by atoms with van der Waals surface area (Å²) in [6.45, 7) is 5.98. The maximum atomic E-state index is 12.5. The van der Waals surface area contributed by atoms with Gasteiger partial charge in [0.2, 0.25) is 5.95 Å². The fourth-order valence-corrected chi connectivity index (χ4v) is 5.07. The summed E-state index contributed by atoms with van der Waals surface area (Å²) in [4.78, 5) is 11.4. The number of benzene rings is 2. The van der Waals surface area contributed by atoms with Crippen molar-refractivity contribution in [3.8, 4) is 5.75 Å². The molecule has 11 heteroatoms.